The van der Waals surface area contributed by atoms with Crippen molar-refractivity contribution in [3.05, 3.63) is 0 Å². The van der Waals surface area contributed by atoms with E-state index in [9.17, 15) is 0 Å². The van der Waals surface area contributed by atoms with E-state index in [1.165, 1.54) is 0 Å². The highest BCUT2D eigenvalue weighted by atomic mass is 16.7. The topological polar surface area (TPSA) is 86.4 Å². The van der Waals surface area contributed by atoms with E-state index in [2.05, 4.69) is 20.6 Å². The highest BCUT2D eigenvalue weighted by molar-refractivity contribution is 6.41. The lowest BCUT2D eigenvalue weighted by Gasteiger charge is -2.03. The van der Waals surface area contributed by atoms with E-state index in [1.54, 1.807) is 27.7 Å². The number of oxime groups is 4. The molecule has 0 N–H and O–H groups in total. The first-order valence-electron chi connectivity index (χ1n) is 5.07. The highest BCUT2D eigenvalue weighted by Gasteiger charge is 2.05. The second kappa shape index (κ2) is 7.36. The van der Waals surface area contributed by atoms with Crippen LogP contribution in [0.4, 0.5) is 0 Å². The Bertz CT molecular complexity index is 334. The van der Waals surface area contributed by atoms with Gasteiger partial charge < -0.3 is 19.0 Å². The molecule has 0 amide bonds. The van der Waals surface area contributed by atoms with E-state index in [4.69, 9.17) is 19.0 Å². The molecule has 18 heavy (non-hydrogen) atoms. The second-order valence-electron chi connectivity index (χ2n) is 3.32. The van der Waals surface area contributed by atoms with Crippen LogP contribution < -0.4 is 0 Å². The lowest BCUT2D eigenvalue weighted by Crippen LogP contribution is -2.13. The van der Waals surface area contributed by atoms with E-state index in [-0.39, 0.29) is 0 Å². The molecule has 1 aliphatic rings. The molecule has 1 rings (SSSR count). The number of hydrogen-bond donors (Lipinski definition) is 0. The van der Waals surface area contributed by atoms with Crippen molar-refractivity contribution in [2.45, 2.75) is 27.7 Å². The first-order chi connectivity index (χ1) is 8.61. The molecular formula is C8H12B2N4O4. The minimum Gasteiger partial charge on any atom is -0.418 e. The maximum Gasteiger partial charge on any atom is 0.704 e. The van der Waals surface area contributed by atoms with Gasteiger partial charge in [-0.1, -0.05) is 0 Å². The Balaban J connectivity index is 2.72. The average molecular weight is 250 g/mol. The van der Waals surface area contributed by atoms with Gasteiger partial charge in [-0.3, -0.25) is 0 Å². The highest BCUT2D eigenvalue weighted by Crippen LogP contribution is 1.92. The van der Waals surface area contributed by atoms with E-state index >= 15 is 0 Å². The zero-order valence-corrected chi connectivity index (χ0v) is 10.6. The Hall–Kier alpha value is -1.99. The molecule has 0 fully saturated rings. The van der Waals surface area contributed by atoms with Crippen LogP contribution in [0.1, 0.15) is 27.7 Å². The van der Waals surface area contributed by atoms with Crippen LogP contribution in [0.15, 0.2) is 20.6 Å². The van der Waals surface area contributed by atoms with Crippen LogP contribution >= 0.6 is 0 Å². The summed E-state index contributed by atoms with van der Waals surface area (Å²) in [6, 6.07) is 0. The molecule has 0 aliphatic carbocycles. The van der Waals surface area contributed by atoms with Crippen LogP contribution in [0, 0.1) is 0 Å². The zero-order chi connectivity index (χ0) is 13.4. The van der Waals surface area contributed by atoms with Crippen molar-refractivity contribution >= 4 is 38.2 Å². The Labute approximate surface area is 106 Å². The minimum atomic E-state index is 0.515. The first kappa shape index (κ1) is 14.1. The van der Waals surface area contributed by atoms with Crippen LogP contribution in [0.25, 0.3) is 0 Å². The SMILES string of the molecule is CC1=N/O[B]O/N=C(C)/C(C)=N\O[B]O\N=C\1C. The second-order valence-corrected chi connectivity index (χ2v) is 3.32. The van der Waals surface area contributed by atoms with Gasteiger partial charge in [-0.05, 0) is 27.7 Å². The van der Waals surface area contributed by atoms with Crippen molar-refractivity contribution in [3.8, 4) is 0 Å². The minimum absolute atomic E-state index is 0.515. The summed E-state index contributed by atoms with van der Waals surface area (Å²) >= 11 is 0. The Morgan fingerprint density at radius 3 is 1.00 bits per heavy atom. The fourth-order valence-electron chi connectivity index (χ4n) is 0.705. The van der Waals surface area contributed by atoms with Crippen LogP contribution in [0.5, 0.6) is 0 Å². The third kappa shape index (κ3) is 4.89. The zero-order valence-electron chi connectivity index (χ0n) is 10.6. The van der Waals surface area contributed by atoms with Gasteiger partial charge >= 0.3 is 15.4 Å². The van der Waals surface area contributed by atoms with Crippen molar-refractivity contribution in [2.24, 2.45) is 20.6 Å². The average Bonchev–Trinajstić information content (AvgIpc) is 2.35. The Morgan fingerprint density at radius 2 is 0.778 bits per heavy atom. The normalized spacial score (nSPS) is 29.1. The number of nitrogens with zero attached hydrogens (tertiary/aromatic N) is 4. The maximum atomic E-state index is 4.76. The fourth-order valence-corrected chi connectivity index (χ4v) is 0.705. The number of rotatable bonds is 0. The monoisotopic (exact) mass is 250 g/mol. The van der Waals surface area contributed by atoms with E-state index in [1.807, 2.05) is 0 Å². The van der Waals surface area contributed by atoms with Gasteiger partial charge in [0, 0.05) is 0 Å². The van der Waals surface area contributed by atoms with Crippen molar-refractivity contribution < 1.29 is 19.0 Å². The maximum absolute atomic E-state index is 4.76. The summed E-state index contributed by atoms with van der Waals surface area (Å²) in [5.41, 5.74) is 2.06. The van der Waals surface area contributed by atoms with Gasteiger partial charge in [0.2, 0.25) is 0 Å². The molecule has 2 radical (unpaired) electrons. The van der Waals surface area contributed by atoms with Gasteiger partial charge in [-0.25, -0.2) is 0 Å². The molecule has 8 nitrogen and oxygen atoms in total. The standard InChI is InChI=1S/C8H12B2N4O4/c1-5-6(2)12-16-10-18-14-8(4)7(3)13-17-9-15-11-5/h1-4H3/b11-5-,12-6+,13-7+,14-8-. The summed E-state index contributed by atoms with van der Waals surface area (Å²) in [7, 11) is 1.96. The van der Waals surface area contributed by atoms with E-state index in [0.29, 0.717) is 22.8 Å². The molecule has 0 aromatic carbocycles. The van der Waals surface area contributed by atoms with Crippen molar-refractivity contribution in [2.75, 3.05) is 0 Å². The van der Waals surface area contributed by atoms with Gasteiger partial charge in [0.05, 0.1) is 22.8 Å². The molecule has 0 bridgehead atoms. The smallest absolute Gasteiger partial charge is 0.418 e. The third-order valence-electron chi connectivity index (χ3n) is 1.98. The molecule has 1 heterocycles. The summed E-state index contributed by atoms with van der Waals surface area (Å²) in [5, 5.41) is 14.8. The Morgan fingerprint density at radius 1 is 0.556 bits per heavy atom. The largest absolute Gasteiger partial charge is 0.704 e. The van der Waals surface area contributed by atoms with Gasteiger partial charge in [-0.15, -0.1) is 20.6 Å². The van der Waals surface area contributed by atoms with Crippen molar-refractivity contribution in [3.63, 3.8) is 0 Å². The van der Waals surface area contributed by atoms with E-state index < -0.39 is 0 Å². The molecule has 10 heteroatoms. The molecular weight excluding hydrogens is 238 g/mol. The predicted molar refractivity (Wildman–Crippen MR) is 68.3 cm³/mol. The Kier molecular flexibility index (Phi) is 5.75. The molecule has 0 saturated heterocycles. The summed E-state index contributed by atoms with van der Waals surface area (Å²) in [4.78, 5) is 0. The third-order valence-corrected chi connectivity index (χ3v) is 1.98. The quantitative estimate of drug-likeness (QED) is 0.590. The van der Waals surface area contributed by atoms with Gasteiger partial charge in [0.1, 0.15) is 0 Å². The van der Waals surface area contributed by atoms with Gasteiger partial charge in [-0.2, -0.15) is 0 Å². The van der Waals surface area contributed by atoms with Crippen LogP contribution in [-0.4, -0.2) is 38.2 Å². The predicted octanol–water partition coefficient (Wildman–Crippen LogP) is 0.638. The lowest BCUT2D eigenvalue weighted by atomic mass is 10.3. The summed E-state index contributed by atoms with van der Waals surface area (Å²) < 4.78 is 19.0. The molecule has 0 spiro atoms. The first-order valence-corrected chi connectivity index (χ1v) is 5.07. The molecule has 94 valence electrons. The van der Waals surface area contributed by atoms with Crippen molar-refractivity contribution in [1.29, 1.82) is 0 Å². The van der Waals surface area contributed by atoms with Crippen LogP contribution in [0.2, 0.25) is 0 Å². The molecule has 0 aromatic heterocycles. The lowest BCUT2D eigenvalue weighted by molar-refractivity contribution is 0.234. The summed E-state index contributed by atoms with van der Waals surface area (Å²) in [6.45, 7) is 6.78. The molecule has 0 atom stereocenters. The van der Waals surface area contributed by atoms with Crippen LogP contribution in [0.3, 0.4) is 0 Å². The van der Waals surface area contributed by atoms with Gasteiger partial charge in [0.25, 0.3) is 0 Å². The van der Waals surface area contributed by atoms with Crippen LogP contribution in [-0.2, 0) is 19.0 Å². The van der Waals surface area contributed by atoms with Crippen molar-refractivity contribution in [1.82, 2.24) is 0 Å². The molecule has 0 unspecified atom stereocenters. The molecule has 0 aromatic rings. The van der Waals surface area contributed by atoms with Gasteiger partial charge in [0.15, 0.2) is 0 Å². The number of hydrogen-bond acceptors (Lipinski definition) is 8. The molecule has 0 saturated carbocycles. The fraction of sp³-hybridized carbons (Fsp3) is 0.500. The summed E-state index contributed by atoms with van der Waals surface area (Å²) in [6.07, 6.45) is 0. The molecule has 1 aliphatic heterocycles. The van der Waals surface area contributed by atoms with E-state index in [0.717, 1.165) is 15.4 Å². The summed E-state index contributed by atoms with van der Waals surface area (Å²) in [5.74, 6) is 0.